The Balaban J connectivity index is 1.69. The molecule has 0 aliphatic rings. The van der Waals surface area contributed by atoms with E-state index in [1.165, 1.54) is 18.4 Å². The topological polar surface area (TPSA) is 111 Å². The van der Waals surface area contributed by atoms with Crippen molar-refractivity contribution >= 4 is 49.8 Å². The van der Waals surface area contributed by atoms with Crippen molar-refractivity contribution in [2.45, 2.75) is 13.3 Å². The number of aromatic nitrogens is 1. The number of fused-ring (bicyclic) bond motifs is 1. The molecule has 11 heteroatoms. The summed E-state index contributed by atoms with van der Waals surface area (Å²) in [7, 11) is -2.33. The van der Waals surface area contributed by atoms with Gasteiger partial charge in [0.25, 0.3) is 15.4 Å². The summed E-state index contributed by atoms with van der Waals surface area (Å²) < 4.78 is 39.3. The smallest absolute Gasteiger partial charge is 0.340 e. The normalized spacial score (nSPS) is 11.6. The van der Waals surface area contributed by atoms with Crippen LogP contribution >= 0.6 is 22.9 Å². The van der Waals surface area contributed by atoms with Crippen LogP contribution in [-0.2, 0) is 16.6 Å². The first kappa shape index (κ1) is 22.3. The number of nitrogens with zero attached hydrogens (tertiary/aromatic N) is 1. The van der Waals surface area contributed by atoms with Gasteiger partial charge in [-0.25, -0.2) is 14.5 Å². The van der Waals surface area contributed by atoms with Gasteiger partial charge in [0, 0.05) is 42.1 Å². The predicted molar refractivity (Wildman–Crippen MR) is 125 cm³/mol. The molecule has 0 spiro atoms. The third kappa shape index (κ3) is 4.78. The molecule has 2 aromatic carbocycles. The number of rotatable bonds is 7. The molecule has 0 saturated heterocycles. The SMILES string of the molecule is CNS(=O)(=O)Nc1cccc(Cc2c(C)c3cc(Cl)c(Oc4nccs4)cc3oc2=O)c1. The van der Waals surface area contributed by atoms with Crippen molar-refractivity contribution < 1.29 is 17.6 Å². The van der Waals surface area contributed by atoms with E-state index >= 15 is 0 Å². The third-order valence-electron chi connectivity index (χ3n) is 4.78. The number of thiazole rings is 1. The Kier molecular flexibility index (Phi) is 6.20. The highest BCUT2D eigenvalue weighted by atomic mass is 35.5. The Morgan fingerprint density at radius 1 is 1.25 bits per heavy atom. The van der Waals surface area contributed by atoms with Crippen LogP contribution in [0.15, 0.2) is 57.2 Å². The maximum Gasteiger partial charge on any atom is 0.340 e. The first-order valence-corrected chi connectivity index (χ1v) is 12.1. The fourth-order valence-corrected chi connectivity index (χ4v) is 4.42. The number of hydrogen-bond acceptors (Lipinski definition) is 7. The zero-order chi connectivity index (χ0) is 22.9. The molecule has 4 aromatic rings. The van der Waals surface area contributed by atoms with Crippen LogP contribution in [0.3, 0.4) is 0 Å². The molecule has 8 nitrogen and oxygen atoms in total. The summed E-state index contributed by atoms with van der Waals surface area (Å²) in [4.78, 5) is 16.8. The van der Waals surface area contributed by atoms with E-state index in [2.05, 4.69) is 14.4 Å². The van der Waals surface area contributed by atoms with E-state index in [9.17, 15) is 13.2 Å². The lowest BCUT2D eigenvalue weighted by Gasteiger charge is -2.12. The summed E-state index contributed by atoms with van der Waals surface area (Å²) in [6, 6.07) is 10.1. The van der Waals surface area contributed by atoms with Crippen LogP contribution in [0.2, 0.25) is 5.02 Å². The summed E-state index contributed by atoms with van der Waals surface area (Å²) in [5.41, 5.74) is 2.16. The van der Waals surface area contributed by atoms with E-state index in [1.807, 2.05) is 6.92 Å². The highest BCUT2D eigenvalue weighted by Gasteiger charge is 2.16. The van der Waals surface area contributed by atoms with Gasteiger partial charge in [-0.05, 0) is 36.2 Å². The van der Waals surface area contributed by atoms with Crippen LogP contribution in [0.4, 0.5) is 5.69 Å². The maximum absolute atomic E-state index is 12.8. The number of aryl methyl sites for hydroxylation is 1. The van der Waals surface area contributed by atoms with Gasteiger partial charge < -0.3 is 9.15 Å². The summed E-state index contributed by atoms with van der Waals surface area (Å²) >= 11 is 7.72. The largest absolute Gasteiger partial charge is 0.429 e. The molecule has 2 aromatic heterocycles. The van der Waals surface area contributed by atoms with Crippen molar-refractivity contribution in [3.8, 4) is 10.9 Å². The Labute approximate surface area is 193 Å². The van der Waals surface area contributed by atoms with Gasteiger partial charge in [-0.2, -0.15) is 8.42 Å². The van der Waals surface area contributed by atoms with Gasteiger partial charge in [0.15, 0.2) is 5.75 Å². The van der Waals surface area contributed by atoms with Gasteiger partial charge in [-0.15, -0.1) is 0 Å². The second-order valence-corrected chi connectivity index (χ2v) is 9.74. The fourth-order valence-electron chi connectivity index (χ4n) is 3.18. The fraction of sp³-hybridized carbons (Fsp3) is 0.143. The molecule has 0 fully saturated rings. The Bertz CT molecular complexity index is 1450. The zero-order valence-corrected chi connectivity index (χ0v) is 19.4. The van der Waals surface area contributed by atoms with Gasteiger partial charge in [-0.1, -0.05) is 35.1 Å². The second-order valence-electron chi connectivity index (χ2n) is 6.86. The molecule has 0 radical (unpaired) electrons. The number of nitrogens with one attached hydrogen (secondary N) is 2. The van der Waals surface area contributed by atoms with Crippen molar-refractivity contribution in [2.75, 3.05) is 11.8 Å². The summed E-state index contributed by atoms with van der Waals surface area (Å²) in [5, 5.41) is 3.25. The van der Waals surface area contributed by atoms with Crippen LogP contribution < -0.4 is 19.8 Å². The molecule has 166 valence electrons. The first-order valence-electron chi connectivity index (χ1n) is 9.39. The molecule has 0 aliphatic heterocycles. The van der Waals surface area contributed by atoms with E-state index < -0.39 is 15.8 Å². The standard InChI is InChI=1S/C21H18ClN3O5S2/c1-12-15-10-17(22)19(30-21-24-6-7-31-21)11-18(15)29-20(26)16(12)9-13-4-3-5-14(8-13)25-32(27,28)23-2/h3-8,10-11,23,25H,9H2,1-2H3. The van der Waals surface area contributed by atoms with Crippen LogP contribution in [-0.4, -0.2) is 20.4 Å². The molecule has 0 aliphatic carbocycles. The minimum Gasteiger partial charge on any atom is -0.429 e. The van der Waals surface area contributed by atoms with Crippen LogP contribution in [0, 0.1) is 6.92 Å². The maximum atomic E-state index is 12.8. The van der Waals surface area contributed by atoms with Gasteiger partial charge in [0.1, 0.15) is 5.58 Å². The van der Waals surface area contributed by atoms with Crippen LogP contribution in [0.5, 0.6) is 10.9 Å². The number of ether oxygens (including phenoxy) is 1. The Morgan fingerprint density at radius 2 is 2.06 bits per heavy atom. The number of halogens is 1. The van der Waals surface area contributed by atoms with Crippen molar-refractivity contribution in [3.63, 3.8) is 0 Å². The van der Waals surface area contributed by atoms with Crippen LogP contribution in [0.1, 0.15) is 16.7 Å². The molecule has 32 heavy (non-hydrogen) atoms. The van der Waals surface area contributed by atoms with Gasteiger partial charge >= 0.3 is 5.63 Å². The number of benzene rings is 2. The van der Waals surface area contributed by atoms with Crippen LogP contribution in [0.25, 0.3) is 11.0 Å². The summed E-state index contributed by atoms with van der Waals surface area (Å²) in [5.74, 6) is 0.342. The molecule has 4 rings (SSSR count). The minimum atomic E-state index is -3.65. The lowest BCUT2D eigenvalue weighted by molar-refractivity contribution is 0.476. The molecule has 2 heterocycles. The molecule has 0 saturated carbocycles. The molecule has 0 unspecified atom stereocenters. The van der Waals surface area contributed by atoms with E-state index in [1.54, 1.807) is 48.0 Å². The van der Waals surface area contributed by atoms with Gasteiger partial charge in [-0.3, -0.25) is 4.72 Å². The average Bonchev–Trinajstić information content (AvgIpc) is 3.26. The summed E-state index contributed by atoms with van der Waals surface area (Å²) in [6.07, 6.45) is 1.87. The molecule has 2 N–H and O–H groups in total. The first-order chi connectivity index (χ1) is 15.3. The van der Waals surface area contributed by atoms with Crippen molar-refractivity contribution in [1.29, 1.82) is 0 Å². The molecular formula is C21H18ClN3O5S2. The molecular weight excluding hydrogens is 474 g/mol. The van der Waals surface area contributed by atoms with E-state index in [0.29, 0.717) is 38.2 Å². The molecule has 0 amide bonds. The van der Waals surface area contributed by atoms with Gasteiger partial charge in [0.05, 0.1) is 10.7 Å². The Hall–Kier alpha value is -2.92. The quantitative estimate of drug-likeness (QED) is 0.369. The summed E-state index contributed by atoms with van der Waals surface area (Å²) in [6.45, 7) is 1.82. The van der Waals surface area contributed by atoms with Gasteiger partial charge in [0.2, 0.25) is 0 Å². The second kappa shape index (κ2) is 8.91. The van der Waals surface area contributed by atoms with E-state index in [4.69, 9.17) is 20.8 Å². The molecule has 0 atom stereocenters. The highest BCUT2D eigenvalue weighted by Crippen LogP contribution is 2.35. The monoisotopic (exact) mass is 491 g/mol. The van der Waals surface area contributed by atoms with E-state index in [-0.39, 0.29) is 6.42 Å². The number of anilines is 1. The lowest BCUT2D eigenvalue weighted by atomic mass is 9.99. The molecule has 0 bridgehead atoms. The van der Waals surface area contributed by atoms with Crippen molar-refractivity contribution in [1.82, 2.24) is 9.71 Å². The average molecular weight is 492 g/mol. The minimum absolute atomic E-state index is 0.258. The Morgan fingerprint density at radius 3 is 2.78 bits per heavy atom. The van der Waals surface area contributed by atoms with Crippen molar-refractivity contribution in [2.24, 2.45) is 0 Å². The zero-order valence-electron chi connectivity index (χ0n) is 17.0. The third-order valence-corrected chi connectivity index (χ3v) is 6.76. The number of hydrogen-bond donors (Lipinski definition) is 2. The van der Waals surface area contributed by atoms with Crippen molar-refractivity contribution in [3.05, 3.63) is 80.1 Å². The lowest BCUT2D eigenvalue weighted by Crippen LogP contribution is -2.26. The highest BCUT2D eigenvalue weighted by molar-refractivity contribution is 7.90. The predicted octanol–water partition coefficient (Wildman–Crippen LogP) is 4.47. The van der Waals surface area contributed by atoms with E-state index in [0.717, 1.165) is 11.1 Å².